The molecule has 9 nitrogen and oxygen atoms in total. The summed E-state index contributed by atoms with van der Waals surface area (Å²) in [5, 5.41) is 6.70. The van der Waals surface area contributed by atoms with Crippen LogP contribution in [0.5, 0.6) is 11.5 Å². The van der Waals surface area contributed by atoms with Crippen LogP contribution >= 0.6 is 57.5 Å². The van der Waals surface area contributed by atoms with Crippen LogP contribution in [-0.2, 0) is 6.54 Å². The molecule has 0 aliphatic carbocycles. The molecule has 47 heavy (non-hydrogen) atoms. The summed E-state index contributed by atoms with van der Waals surface area (Å²) in [5.41, 5.74) is 2.82. The molecule has 6 heterocycles. The summed E-state index contributed by atoms with van der Waals surface area (Å²) in [6, 6.07) is 13.3. The monoisotopic (exact) mass is 721 g/mol. The second-order valence-electron chi connectivity index (χ2n) is 10.1. The average Bonchev–Trinajstić information content (AvgIpc) is 3.56. The third kappa shape index (κ3) is 6.95. The zero-order chi connectivity index (χ0) is 33.1. The molecule has 0 radical (unpaired) electrons. The smallest absolute Gasteiger partial charge is 0.163 e. The van der Waals surface area contributed by atoms with Gasteiger partial charge in [0.15, 0.2) is 23.1 Å². The van der Waals surface area contributed by atoms with E-state index in [1.165, 1.54) is 11.3 Å². The van der Waals surface area contributed by atoms with Gasteiger partial charge in [0.1, 0.15) is 20.6 Å². The van der Waals surface area contributed by atoms with Gasteiger partial charge in [0, 0.05) is 52.2 Å². The Morgan fingerprint density at radius 1 is 0.660 bits per heavy atom. The molecule has 7 rings (SSSR count). The van der Waals surface area contributed by atoms with Gasteiger partial charge in [-0.3, -0.25) is 9.97 Å². The Kier molecular flexibility index (Phi) is 10.00. The van der Waals surface area contributed by atoms with Crippen LogP contribution in [0.2, 0.25) is 15.2 Å². The third-order valence-corrected chi connectivity index (χ3v) is 10.5. The van der Waals surface area contributed by atoms with E-state index < -0.39 is 0 Å². The van der Waals surface area contributed by atoms with Gasteiger partial charge in [-0.15, -0.1) is 22.7 Å². The van der Waals surface area contributed by atoms with Gasteiger partial charge in [-0.2, -0.15) is 0 Å². The maximum absolute atomic E-state index is 6.56. The number of hydrogen-bond acceptors (Lipinski definition) is 11. The van der Waals surface area contributed by atoms with Crippen molar-refractivity contribution in [3.05, 3.63) is 97.8 Å². The van der Waals surface area contributed by atoms with Crippen molar-refractivity contribution in [2.24, 2.45) is 0 Å². The molecule has 0 fully saturated rings. The number of hydrogen-bond donors (Lipinski definition) is 1. The number of methoxy groups -OCH3 is 2. The molecule has 0 amide bonds. The Morgan fingerprint density at radius 2 is 1.19 bits per heavy atom. The molecule has 0 bridgehead atoms. The number of nitrogens with one attached hydrogen (secondary N) is 1. The van der Waals surface area contributed by atoms with Crippen molar-refractivity contribution in [1.82, 2.24) is 29.9 Å². The lowest BCUT2D eigenvalue weighted by atomic mass is 10.2. The molecule has 0 aliphatic rings. The van der Waals surface area contributed by atoms with Crippen molar-refractivity contribution in [3.8, 4) is 34.3 Å². The van der Waals surface area contributed by atoms with Crippen molar-refractivity contribution in [2.75, 3.05) is 19.5 Å². The fourth-order valence-corrected chi connectivity index (χ4v) is 7.58. The molecule has 0 saturated carbocycles. The number of ether oxygens (including phenoxy) is 2. The zero-order valence-electron chi connectivity index (χ0n) is 25.5. The SMILES string of the molecule is COc1ccc(CNc2nc(-c3ccncc3)nc3sc(C)c(Cl)c23)cc1OC.Cc1sc2nc(-c3ccncc3)nc(Cl)c2c1Cl. The Hall–Kier alpha value is -4.13. The van der Waals surface area contributed by atoms with Crippen LogP contribution in [0.15, 0.2) is 67.3 Å². The minimum Gasteiger partial charge on any atom is -0.493 e. The van der Waals surface area contributed by atoms with Crippen molar-refractivity contribution in [1.29, 1.82) is 0 Å². The fourth-order valence-electron chi connectivity index (χ4n) is 4.68. The molecule has 0 spiro atoms. The number of thiophene rings is 2. The van der Waals surface area contributed by atoms with Crippen molar-refractivity contribution in [3.63, 3.8) is 0 Å². The average molecular weight is 723 g/mol. The number of aryl methyl sites for hydroxylation is 2. The number of nitrogens with zero attached hydrogens (tertiary/aromatic N) is 6. The summed E-state index contributed by atoms with van der Waals surface area (Å²) in [6.45, 7) is 4.48. The van der Waals surface area contributed by atoms with Crippen LogP contribution in [0.25, 0.3) is 43.2 Å². The van der Waals surface area contributed by atoms with Crippen molar-refractivity contribution >= 4 is 83.7 Å². The van der Waals surface area contributed by atoms with Gasteiger partial charge in [0.25, 0.3) is 0 Å². The minimum atomic E-state index is 0.390. The number of aromatic nitrogens is 6. The summed E-state index contributed by atoms with van der Waals surface area (Å²) in [6.07, 6.45) is 6.85. The fraction of sp³-hybridized carbons (Fsp3) is 0.152. The van der Waals surface area contributed by atoms with E-state index in [1.54, 1.807) is 50.3 Å². The van der Waals surface area contributed by atoms with Gasteiger partial charge in [-0.1, -0.05) is 40.9 Å². The number of benzene rings is 1. The first-order valence-corrected chi connectivity index (χ1v) is 16.9. The summed E-state index contributed by atoms with van der Waals surface area (Å²) < 4.78 is 10.7. The molecular weight excluding hydrogens is 697 g/mol. The number of rotatable bonds is 7. The van der Waals surface area contributed by atoms with Crippen LogP contribution in [0.4, 0.5) is 5.82 Å². The maximum Gasteiger partial charge on any atom is 0.163 e. The Morgan fingerprint density at radius 3 is 1.77 bits per heavy atom. The first kappa shape index (κ1) is 32.8. The summed E-state index contributed by atoms with van der Waals surface area (Å²) >= 11 is 22.0. The van der Waals surface area contributed by atoms with Crippen LogP contribution < -0.4 is 14.8 Å². The van der Waals surface area contributed by atoms with Crippen LogP contribution in [0, 0.1) is 13.8 Å². The van der Waals surface area contributed by atoms with Gasteiger partial charge >= 0.3 is 0 Å². The standard InChI is InChI=1S/C21H19ClN4O2S.C12H7Cl2N3S/c1-12-18(22)17-20(24-11-13-4-5-15(27-2)16(10-13)28-3)25-19(26-21(17)29-12)14-6-8-23-9-7-14;1-6-9(13)8-10(14)16-11(17-12(8)18-6)7-2-4-15-5-3-7/h4-10H,11H2,1-3H3,(H,24,25,26);2-5H,1H3. The Bertz CT molecular complexity index is 2200. The summed E-state index contributed by atoms with van der Waals surface area (Å²) in [7, 11) is 3.24. The second-order valence-corrected chi connectivity index (χ2v) is 13.6. The second kappa shape index (κ2) is 14.3. The molecular formula is C33H26Cl3N7O2S2. The van der Waals surface area contributed by atoms with Gasteiger partial charge in [0.2, 0.25) is 0 Å². The Labute approximate surface area is 293 Å². The molecule has 0 unspecified atom stereocenters. The number of anilines is 1. The lowest BCUT2D eigenvalue weighted by Crippen LogP contribution is -2.04. The molecule has 14 heteroatoms. The molecule has 6 aromatic heterocycles. The van der Waals surface area contributed by atoms with Crippen LogP contribution in [-0.4, -0.2) is 44.1 Å². The quantitative estimate of drug-likeness (QED) is 0.161. The minimum absolute atomic E-state index is 0.390. The van der Waals surface area contributed by atoms with E-state index in [0.29, 0.717) is 50.7 Å². The van der Waals surface area contributed by atoms with E-state index in [1.807, 2.05) is 56.3 Å². The van der Waals surface area contributed by atoms with E-state index in [0.717, 1.165) is 46.9 Å². The van der Waals surface area contributed by atoms with E-state index >= 15 is 0 Å². The maximum atomic E-state index is 6.56. The van der Waals surface area contributed by atoms with E-state index in [2.05, 4.69) is 25.3 Å². The third-order valence-electron chi connectivity index (χ3n) is 7.05. The number of fused-ring (bicyclic) bond motifs is 2. The van der Waals surface area contributed by atoms with E-state index in [9.17, 15) is 0 Å². The summed E-state index contributed by atoms with van der Waals surface area (Å²) in [4.78, 5) is 30.0. The zero-order valence-corrected chi connectivity index (χ0v) is 29.4. The first-order chi connectivity index (χ1) is 22.8. The van der Waals surface area contributed by atoms with Crippen molar-refractivity contribution < 1.29 is 9.47 Å². The summed E-state index contributed by atoms with van der Waals surface area (Å²) in [5.74, 6) is 3.30. The molecule has 238 valence electrons. The highest BCUT2D eigenvalue weighted by Gasteiger charge is 2.18. The van der Waals surface area contributed by atoms with Crippen molar-refractivity contribution in [2.45, 2.75) is 20.4 Å². The lowest BCUT2D eigenvalue weighted by Gasteiger charge is -2.12. The normalized spacial score (nSPS) is 11.0. The highest BCUT2D eigenvalue weighted by molar-refractivity contribution is 7.19. The van der Waals surface area contributed by atoms with E-state index in [-0.39, 0.29) is 0 Å². The first-order valence-electron chi connectivity index (χ1n) is 14.1. The van der Waals surface area contributed by atoms with Gasteiger partial charge in [-0.05, 0) is 55.8 Å². The molecule has 7 aromatic rings. The molecule has 0 saturated heterocycles. The van der Waals surface area contributed by atoms with Gasteiger partial charge in [-0.25, -0.2) is 19.9 Å². The highest BCUT2D eigenvalue weighted by Crippen LogP contribution is 2.40. The highest BCUT2D eigenvalue weighted by atomic mass is 35.5. The molecule has 0 aliphatic heterocycles. The Balaban J connectivity index is 0.000000183. The topological polar surface area (TPSA) is 108 Å². The van der Waals surface area contributed by atoms with Crippen LogP contribution in [0.1, 0.15) is 15.3 Å². The van der Waals surface area contributed by atoms with Gasteiger partial charge < -0.3 is 14.8 Å². The number of pyridine rings is 2. The predicted molar refractivity (Wildman–Crippen MR) is 193 cm³/mol. The number of halogens is 3. The van der Waals surface area contributed by atoms with Gasteiger partial charge in [0.05, 0.1) is 35.0 Å². The lowest BCUT2D eigenvalue weighted by molar-refractivity contribution is 0.354. The van der Waals surface area contributed by atoms with E-state index in [4.69, 9.17) is 54.2 Å². The molecule has 0 atom stereocenters. The molecule has 1 N–H and O–H groups in total. The largest absolute Gasteiger partial charge is 0.493 e. The predicted octanol–water partition coefficient (Wildman–Crippen LogP) is 9.71. The molecule has 1 aromatic carbocycles. The van der Waals surface area contributed by atoms with Crippen LogP contribution in [0.3, 0.4) is 0 Å².